The molecule has 0 bridgehead atoms. The summed E-state index contributed by atoms with van der Waals surface area (Å²) in [6.45, 7) is 0. The van der Waals surface area contributed by atoms with Crippen molar-refractivity contribution in [2.24, 2.45) is 0 Å². The second-order valence-corrected chi connectivity index (χ2v) is 10.6. The van der Waals surface area contributed by atoms with E-state index in [1.54, 1.807) is 0 Å². The van der Waals surface area contributed by atoms with E-state index in [-0.39, 0.29) is 0 Å². The first kappa shape index (κ1) is 21.6. The number of fused-ring (bicyclic) bond motifs is 11. The third-order valence-electron chi connectivity index (χ3n) is 8.47. The van der Waals surface area contributed by atoms with Gasteiger partial charge in [-0.25, -0.2) is 0 Å². The van der Waals surface area contributed by atoms with Crippen molar-refractivity contribution < 1.29 is 0 Å². The van der Waals surface area contributed by atoms with Crippen LogP contribution in [-0.2, 0) is 0 Å². The number of pyridine rings is 1. The molecule has 40 heavy (non-hydrogen) atoms. The predicted octanol–water partition coefficient (Wildman–Crippen LogP) is 10.2. The lowest BCUT2D eigenvalue weighted by Gasteiger charge is -2.12. The Balaban J connectivity index is 1.51. The molecule has 0 unspecified atom stereocenters. The summed E-state index contributed by atoms with van der Waals surface area (Å²) in [5, 5.41) is 7.64. The molecule has 2 heteroatoms. The molecule has 2 nitrogen and oxygen atoms in total. The molecule has 0 aliphatic heterocycles. The zero-order valence-electron chi connectivity index (χ0n) is 21.8. The summed E-state index contributed by atoms with van der Waals surface area (Å²) in [4.78, 5) is 0. The fourth-order valence-corrected chi connectivity index (χ4v) is 6.84. The van der Waals surface area contributed by atoms with Gasteiger partial charge < -0.3 is 8.97 Å². The molecule has 6 aromatic carbocycles. The normalized spacial score (nSPS) is 12.0. The van der Waals surface area contributed by atoms with Crippen molar-refractivity contribution in [2.75, 3.05) is 0 Å². The third-order valence-corrected chi connectivity index (χ3v) is 8.47. The van der Waals surface area contributed by atoms with Crippen LogP contribution in [0.15, 0.2) is 146 Å². The molecule has 0 N–H and O–H groups in total. The highest BCUT2D eigenvalue weighted by Gasteiger charge is 2.20. The van der Waals surface area contributed by atoms with Gasteiger partial charge in [0.1, 0.15) is 0 Å². The highest BCUT2D eigenvalue weighted by Crippen LogP contribution is 2.43. The predicted molar refractivity (Wildman–Crippen MR) is 170 cm³/mol. The van der Waals surface area contributed by atoms with E-state index in [0.717, 1.165) is 0 Å². The van der Waals surface area contributed by atoms with E-state index in [4.69, 9.17) is 0 Å². The van der Waals surface area contributed by atoms with Crippen molar-refractivity contribution in [2.45, 2.75) is 0 Å². The first-order chi connectivity index (χ1) is 19.9. The van der Waals surface area contributed by atoms with Crippen LogP contribution < -0.4 is 0 Å². The van der Waals surface area contributed by atoms with Crippen molar-refractivity contribution in [1.82, 2.24) is 8.97 Å². The summed E-state index contributed by atoms with van der Waals surface area (Å²) in [6.07, 6.45) is 0. The minimum Gasteiger partial charge on any atom is -0.309 e. The maximum atomic E-state index is 2.49. The van der Waals surface area contributed by atoms with Gasteiger partial charge in [-0.2, -0.15) is 0 Å². The Morgan fingerprint density at radius 1 is 0.350 bits per heavy atom. The lowest BCUT2D eigenvalue weighted by Crippen LogP contribution is -1.95. The first-order valence-corrected chi connectivity index (χ1v) is 13.8. The van der Waals surface area contributed by atoms with Gasteiger partial charge in [0.2, 0.25) is 0 Å². The Labute approximate surface area is 230 Å². The molecule has 0 radical (unpaired) electrons. The first-order valence-electron chi connectivity index (χ1n) is 13.8. The minimum atomic E-state index is 1.17. The van der Waals surface area contributed by atoms with Gasteiger partial charge in [0.25, 0.3) is 0 Å². The molecule has 0 saturated carbocycles. The van der Waals surface area contributed by atoms with Crippen molar-refractivity contribution in [3.8, 4) is 16.8 Å². The van der Waals surface area contributed by atoms with Gasteiger partial charge in [-0.3, -0.25) is 0 Å². The van der Waals surface area contributed by atoms with Crippen LogP contribution >= 0.6 is 0 Å². The Bertz CT molecular complexity index is 2370. The van der Waals surface area contributed by atoms with Crippen LogP contribution in [0.2, 0.25) is 0 Å². The van der Waals surface area contributed by atoms with Crippen LogP contribution in [0.25, 0.3) is 76.7 Å². The quantitative estimate of drug-likeness (QED) is 0.206. The SMILES string of the molecule is c1ccc(-c2c3ccc(-n4c5ccccc5c5ccccc54)cc3n3c4ccccc4c4ccccc4c23)cc1. The number of para-hydroxylation sites is 3. The second kappa shape index (κ2) is 8.08. The molecule has 9 rings (SSSR count). The van der Waals surface area contributed by atoms with Crippen LogP contribution in [-0.4, -0.2) is 8.97 Å². The van der Waals surface area contributed by atoms with Crippen LogP contribution in [0.3, 0.4) is 0 Å². The lowest BCUT2D eigenvalue weighted by molar-refractivity contribution is 1.18. The van der Waals surface area contributed by atoms with Gasteiger partial charge in [0.15, 0.2) is 0 Å². The molecule has 0 aliphatic rings. The maximum absolute atomic E-state index is 2.49. The Kier molecular flexibility index (Phi) is 4.36. The van der Waals surface area contributed by atoms with Crippen molar-refractivity contribution in [1.29, 1.82) is 0 Å². The Morgan fingerprint density at radius 3 is 1.55 bits per heavy atom. The fourth-order valence-electron chi connectivity index (χ4n) is 6.84. The van der Waals surface area contributed by atoms with Crippen LogP contribution in [0.5, 0.6) is 0 Å². The Hall–Kier alpha value is -5.34. The van der Waals surface area contributed by atoms with E-state index in [2.05, 4.69) is 155 Å². The van der Waals surface area contributed by atoms with Crippen LogP contribution in [0.1, 0.15) is 0 Å². The molecule has 0 spiro atoms. The van der Waals surface area contributed by atoms with E-state index in [1.165, 1.54) is 76.7 Å². The minimum absolute atomic E-state index is 1.17. The van der Waals surface area contributed by atoms with E-state index in [1.807, 2.05) is 0 Å². The molecule has 0 aliphatic carbocycles. The molecule has 3 aromatic heterocycles. The molecule has 0 amide bonds. The Morgan fingerprint density at radius 2 is 0.875 bits per heavy atom. The highest BCUT2D eigenvalue weighted by molar-refractivity contribution is 6.22. The monoisotopic (exact) mass is 508 g/mol. The molecule has 9 aromatic rings. The average Bonchev–Trinajstić information content (AvgIpc) is 3.55. The van der Waals surface area contributed by atoms with Crippen molar-refractivity contribution in [3.05, 3.63) is 146 Å². The summed E-state index contributed by atoms with van der Waals surface area (Å²) in [7, 11) is 0. The number of hydrogen-bond acceptors (Lipinski definition) is 0. The lowest BCUT2D eigenvalue weighted by atomic mass is 9.99. The molecule has 0 fully saturated rings. The van der Waals surface area contributed by atoms with Gasteiger partial charge in [-0.05, 0) is 41.3 Å². The van der Waals surface area contributed by atoms with Crippen molar-refractivity contribution in [3.63, 3.8) is 0 Å². The second-order valence-electron chi connectivity index (χ2n) is 10.6. The molecular formula is C38H24N2. The fraction of sp³-hybridized carbons (Fsp3) is 0. The van der Waals surface area contributed by atoms with E-state index >= 15 is 0 Å². The number of benzene rings is 6. The van der Waals surface area contributed by atoms with Crippen molar-refractivity contribution >= 4 is 59.9 Å². The van der Waals surface area contributed by atoms with Crippen LogP contribution in [0, 0.1) is 0 Å². The standard InChI is InChI=1S/C38H24N2/c1-2-12-25(13-3-1)37-32-23-22-26(39-33-19-9-7-16-29(33)30-17-8-10-20-34(30)39)24-36(32)40-35-21-11-6-15-28(35)27-14-4-5-18-31(27)38(37)40/h1-24H. The highest BCUT2D eigenvalue weighted by atomic mass is 15.0. The van der Waals surface area contributed by atoms with Crippen LogP contribution in [0.4, 0.5) is 0 Å². The zero-order chi connectivity index (χ0) is 26.2. The van der Waals surface area contributed by atoms with E-state index < -0.39 is 0 Å². The largest absolute Gasteiger partial charge is 0.309 e. The van der Waals surface area contributed by atoms with Gasteiger partial charge in [-0.15, -0.1) is 0 Å². The molecule has 0 saturated heterocycles. The molecular weight excluding hydrogens is 484 g/mol. The molecule has 0 atom stereocenters. The topological polar surface area (TPSA) is 9.34 Å². The summed E-state index contributed by atoms with van der Waals surface area (Å²) in [5.41, 5.74) is 9.84. The molecule has 3 heterocycles. The van der Waals surface area contributed by atoms with E-state index in [0.29, 0.717) is 0 Å². The summed E-state index contributed by atoms with van der Waals surface area (Å²) in [6, 6.07) is 52.9. The average molecular weight is 509 g/mol. The summed E-state index contributed by atoms with van der Waals surface area (Å²) >= 11 is 0. The summed E-state index contributed by atoms with van der Waals surface area (Å²) < 4.78 is 4.90. The number of nitrogens with zero attached hydrogens (tertiary/aromatic N) is 2. The number of aromatic nitrogens is 2. The van der Waals surface area contributed by atoms with E-state index in [9.17, 15) is 0 Å². The number of hydrogen-bond donors (Lipinski definition) is 0. The zero-order valence-corrected chi connectivity index (χ0v) is 21.8. The van der Waals surface area contributed by atoms with Gasteiger partial charge in [-0.1, -0.05) is 115 Å². The van der Waals surface area contributed by atoms with Gasteiger partial charge in [0.05, 0.1) is 27.6 Å². The van der Waals surface area contributed by atoms with Gasteiger partial charge >= 0.3 is 0 Å². The smallest absolute Gasteiger partial charge is 0.0626 e. The maximum Gasteiger partial charge on any atom is 0.0626 e. The number of rotatable bonds is 2. The van der Waals surface area contributed by atoms with Gasteiger partial charge in [0, 0.05) is 38.2 Å². The molecule has 186 valence electrons. The third kappa shape index (κ3) is 2.82. The summed E-state index contributed by atoms with van der Waals surface area (Å²) in [5.74, 6) is 0.